The largest absolute Gasteiger partial charge is 0.466 e. The predicted octanol–water partition coefficient (Wildman–Crippen LogP) is 3.16. The molecule has 0 aliphatic heterocycles. The number of benzene rings is 1. The van der Waals surface area contributed by atoms with Gasteiger partial charge in [0.2, 0.25) is 0 Å². The van der Waals surface area contributed by atoms with Crippen molar-refractivity contribution in [1.82, 2.24) is 0 Å². The van der Waals surface area contributed by atoms with Crippen LogP contribution >= 0.6 is 15.9 Å². The van der Waals surface area contributed by atoms with E-state index in [0.717, 1.165) is 6.07 Å². The number of nitrogens with two attached hydrogens (primary N) is 1. The fourth-order valence-corrected chi connectivity index (χ4v) is 2.21. The maximum Gasteiger partial charge on any atom is 0.419 e. The first-order valence-electron chi connectivity index (χ1n) is 5.06. The first-order valence-corrected chi connectivity index (χ1v) is 5.85. The van der Waals surface area contributed by atoms with Crippen molar-refractivity contribution in [2.24, 2.45) is 0 Å². The molecule has 0 heterocycles. The van der Waals surface area contributed by atoms with E-state index in [1.165, 1.54) is 6.07 Å². The van der Waals surface area contributed by atoms with Crippen molar-refractivity contribution in [2.45, 2.75) is 19.5 Å². The molecular weight excluding hydrogens is 315 g/mol. The number of nitrogen functional groups attached to an aromatic ring is 1. The zero-order valence-corrected chi connectivity index (χ0v) is 11.1. The van der Waals surface area contributed by atoms with Crippen LogP contribution in [0, 0.1) is 0 Å². The van der Waals surface area contributed by atoms with Gasteiger partial charge in [-0.3, -0.25) is 4.79 Å². The van der Waals surface area contributed by atoms with Gasteiger partial charge < -0.3 is 10.5 Å². The van der Waals surface area contributed by atoms with Crippen LogP contribution in [0.2, 0.25) is 0 Å². The van der Waals surface area contributed by atoms with Gasteiger partial charge in [-0.1, -0.05) is 15.9 Å². The lowest BCUT2D eigenvalue weighted by Gasteiger charge is -2.13. The molecule has 0 aliphatic carbocycles. The maximum atomic E-state index is 12.6. The van der Waals surface area contributed by atoms with Crippen LogP contribution < -0.4 is 5.73 Å². The van der Waals surface area contributed by atoms with Crippen molar-refractivity contribution in [3.05, 3.63) is 27.7 Å². The fraction of sp³-hybridized carbons (Fsp3) is 0.364. The summed E-state index contributed by atoms with van der Waals surface area (Å²) in [6, 6.07) is 2.35. The molecule has 0 fully saturated rings. The number of hydrogen-bond acceptors (Lipinski definition) is 3. The van der Waals surface area contributed by atoms with E-state index in [0.29, 0.717) is 5.56 Å². The molecule has 0 bridgehead atoms. The minimum Gasteiger partial charge on any atom is -0.466 e. The van der Waals surface area contributed by atoms with E-state index in [-0.39, 0.29) is 17.5 Å². The van der Waals surface area contributed by atoms with Crippen molar-refractivity contribution in [1.29, 1.82) is 0 Å². The second-order valence-electron chi connectivity index (χ2n) is 3.52. The summed E-state index contributed by atoms with van der Waals surface area (Å²) < 4.78 is 42.4. The molecule has 0 atom stereocenters. The Bertz CT molecular complexity index is 437. The van der Waals surface area contributed by atoms with Gasteiger partial charge in [-0.05, 0) is 24.6 Å². The lowest BCUT2D eigenvalue weighted by Crippen LogP contribution is -2.12. The van der Waals surface area contributed by atoms with Gasteiger partial charge >= 0.3 is 12.1 Å². The third kappa shape index (κ3) is 3.63. The second kappa shape index (κ2) is 5.60. The molecule has 0 spiro atoms. The number of carbonyl (C=O) groups excluding carboxylic acids is 1. The van der Waals surface area contributed by atoms with Crippen molar-refractivity contribution in [3.63, 3.8) is 0 Å². The molecule has 1 aromatic rings. The third-order valence-electron chi connectivity index (χ3n) is 2.12. The maximum absolute atomic E-state index is 12.6. The van der Waals surface area contributed by atoms with Gasteiger partial charge in [0.05, 0.1) is 18.6 Å². The summed E-state index contributed by atoms with van der Waals surface area (Å²) in [7, 11) is 0. The number of halogens is 4. The molecule has 3 nitrogen and oxygen atoms in total. The highest BCUT2D eigenvalue weighted by Crippen LogP contribution is 2.39. The number of ether oxygens (including phenoxy) is 1. The molecule has 0 radical (unpaired) electrons. The number of hydrogen-bond donors (Lipinski definition) is 1. The molecule has 0 unspecified atom stereocenters. The number of esters is 1. The van der Waals surface area contributed by atoms with Crippen LogP contribution in [0.25, 0.3) is 0 Å². The summed E-state index contributed by atoms with van der Waals surface area (Å²) in [5.41, 5.74) is 4.37. The first-order chi connectivity index (χ1) is 8.25. The topological polar surface area (TPSA) is 52.3 Å². The van der Waals surface area contributed by atoms with E-state index in [1.54, 1.807) is 6.92 Å². The quantitative estimate of drug-likeness (QED) is 0.686. The summed E-state index contributed by atoms with van der Waals surface area (Å²) in [5.74, 6) is -0.511. The Morgan fingerprint density at radius 3 is 2.50 bits per heavy atom. The Morgan fingerprint density at radius 2 is 2.06 bits per heavy atom. The Hall–Kier alpha value is -1.24. The summed E-state index contributed by atoms with van der Waals surface area (Å²) in [5, 5.41) is 0. The highest BCUT2D eigenvalue weighted by atomic mass is 79.9. The van der Waals surface area contributed by atoms with Crippen molar-refractivity contribution in [2.75, 3.05) is 12.3 Å². The average Bonchev–Trinajstić information content (AvgIpc) is 2.13. The van der Waals surface area contributed by atoms with Crippen LogP contribution in [-0.4, -0.2) is 12.6 Å². The molecule has 0 aliphatic rings. The molecule has 18 heavy (non-hydrogen) atoms. The van der Waals surface area contributed by atoms with Gasteiger partial charge in [0.25, 0.3) is 0 Å². The monoisotopic (exact) mass is 325 g/mol. The molecule has 0 saturated heterocycles. The Balaban J connectivity index is 3.04. The standard InChI is InChI=1S/C11H11BrF3NO2/c1-2-18-9(17)5-6-3-7(12)10(8(16)4-6)11(13,14)15/h3-4H,2,5,16H2,1H3. The zero-order valence-electron chi connectivity index (χ0n) is 9.47. The normalized spacial score (nSPS) is 11.4. The highest BCUT2D eigenvalue weighted by molar-refractivity contribution is 9.10. The minimum absolute atomic E-state index is 0.116. The Kier molecular flexibility index (Phi) is 4.61. The van der Waals surface area contributed by atoms with Gasteiger partial charge in [-0.25, -0.2) is 0 Å². The highest BCUT2D eigenvalue weighted by Gasteiger charge is 2.35. The van der Waals surface area contributed by atoms with Crippen LogP contribution in [0.5, 0.6) is 0 Å². The molecule has 1 rings (SSSR count). The summed E-state index contributed by atoms with van der Waals surface area (Å²) in [6.45, 7) is 1.87. The van der Waals surface area contributed by atoms with Gasteiger partial charge in [0.1, 0.15) is 0 Å². The smallest absolute Gasteiger partial charge is 0.419 e. The van der Waals surface area contributed by atoms with E-state index in [9.17, 15) is 18.0 Å². The average molecular weight is 326 g/mol. The summed E-state index contributed by atoms with van der Waals surface area (Å²) in [4.78, 5) is 11.2. The summed E-state index contributed by atoms with van der Waals surface area (Å²) in [6.07, 6.45) is -4.65. The van der Waals surface area contributed by atoms with Crippen LogP contribution in [0.15, 0.2) is 16.6 Å². The molecule has 0 saturated carbocycles. The Labute approximate surface area is 110 Å². The van der Waals surface area contributed by atoms with E-state index in [4.69, 9.17) is 10.5 Å². The second-order valence-corrected chi connectivity index (χ2v) is 4.38. The zero-order chi connectivity index (χ0) is 13.9. The van der Waals surface area contributed by atoms with E-state index in [1.807, 2.05) is 0 Å². The predicted molar refractivity (Wildman–Crippen MR) is 63.9 cm³/mol. The van der Waals surface area contributed by atoms with Crippen LogP contribution in [-0.2, 0) is 22.1 Å². The van der Waals surface area contributed by atoms with Gasteiger partial charge in [0, 0.05) is 10.2 Å². The third-order valence-corrected chi connectivity index (χ3v) is 2.74. The van der Waals surface area contributed by atoms with Crippen molar-refractivity contribution in [3.8, 4) is 0 Å². The van der Waals surface area contributed by atoms with Crippen LogP contribution in [0.3, 0.4) is 0 Å². The molecular formula is C11H11BrF3NO2. The first kappa shape index (κ1) is 14.8. The number of anilines is 1. The van der Waals surface area contributed by atoms with Crippen molar-refractivity contribution >= 4 is 27.6 Å². The molecule has 100 valence electrons. The molecule has 2 N–H and O–H groups in total. The number of alkyl halides is 3. The van der Waals surface area contributed by atoms with Gasteiger partial charge in [-0.2, -0.15) is 13.2 Å². The van der Waals surface area contributed by atoms with E-state index < -0.39 is 23.4 Å². The van der Waals surface area contributed by atoms with E-state index in [2.05, 4.69) is 15.9 Å². The van der Waals surface area contributed by atoms with E-state index >= 15 is 0 Å². The summed E-state index contributed by atoms with van der Waals surface area (Å²) >= 11 is 2.81. The van der Waals surface area contributed by atoms with Gasteiger partial charge in [0.15, 0.2) is 0 Å². The van der Waals surface area contributed by atoms with Crippen LogP contribution in [0.1, 0.15) is 18.1 Å². The molecule has 1 aromatic carbocycles. The fourth-order valence-electron chi connectivity index (χ4n) is 1.47. The number of carbonyl (C=O) groups is 1. The number of rotatable bonds is 3. The van der Waals surface area contributed by atoms with Crippen molar-refractivity contribution < 1.29 is 22.7 Å². The van der Waals surface area contributed by atoms with Crippen LogP contribution in [0.4, 0.5) is 18.9 Å². The minimum atomic E-state index is -4.54. The SMILES string of the molecule is CCOC(=O)Cc1cc(N)c(C(F)(F)F)c(Br)c1. The molecule has 0 amide bonds. The molecule has 0 aromatic heterocycles. The Morgan fingerprint density at radius 1 is 1.44 bits per heavy atom. The van der Waals surface area contributed by atoms with Gasteiger partial charge in [-0.15, -0.1) is 0 Å². The molecule has 7 heteroatoms. The lowest BCUT2D eigenvalue weighted by atomic mass is 10.1. The lowest BCUT2D eigenvalue weighted by molar-refractivity contribution is -0.142.